The summed E-state index contributed by atoms with van der Waals surface area (Å²) in [6, 6.07) is 0. The smallest absolute Gasteiger partial charge is 0.347 e. The number of carbonyl (C=O) groups is 1. The minimum absolute atomic E-state index is 0.233. The number of thiazole rings is 1. The van der Waals surface area contributed by atoms with Crippen LogP contribution in [0.5, 0.6) is 0 Å². The Morgan fingerprint density at radius 2 is 2.24 bits per heavy atom. The monoisotopic (exact) mass is 254 g/mol. The summed E-state index contributed by atoms with van der Waals surface area (Å²) in [5.41, 5.74) is 0.495. The Kier molecular flexibility index (Phi) is 3.05. The van der Waals surface area contributed by atoms with E-state index in [-0.39, 0.29) is 4.88 Å². The molecule has 0 radical (unpaired) electrons. The molecule has 2 aromatic rings. The van der Waals surface area contributed by atoms with Gasteiger partial charge in [-0.2, -0.15) is 4.98 Å². The predicted molar refractivity (Wildman–Crippen MR) is 60.2 cm³/mol. The molecule has 0 atom stereocenters. The molecule has 17 heavy (non-hydrogen) atoms. The van der Waals surface area contributed by atoms with E-state index in [0.29, 0.717) is 29.1 Å². The van der Waals surface area contributed by atoms with E-state index in [1.807, 2.05) is 0 Å². The molecule has 0 saturated heterocycles. The van der Waals surface area contributed by atoms with Gasteiger partial charge in [-0.3, -0.25) is 0 Å². The van der Waals surface area contributed by atoms with Crippen molar-refractivity contribution in [3.63, 3.8) is 0 Å². The molecule has 0 aliphatic carbocycles. The van der Waals surface area contributed by atoms with Gasteiger partial charge >= 0.3 is 5.97 Å². The lowest BCUT2D eigenvalue weighted by Crippen LogP contribution is -2.00. The Bertz CT molecular complexity index is 548. The highest BCUT2D eigenvalue weighted by atomic mass is 32.1. The Labute approximate surface area is 100 Å². The maximum absolute atomic E-state index is 10.8. The van der Waals surface area contributed by atoms with Crippen LogP contribution in [0, 0.1) is 13.8 Å². The molecule has 0 spiro atoms. The first kappa shape index (κ1) is 11.5. The molecule has 2 aromatic heterocycles. The summed E-state index contributed by atoms with van der Waals surface area (Å²) >= 11 is 1.09. The summed E-state index contributed by atoms with van der Waals surface area (Å²) < 4.78 is 4.81. The topological polar surface area (TPSA) is 101 Å². The first-order valence-electron chi connectivity index (χ1n) is 4.80. The summed E-state index contributed by atoms with van der Waals surface area (Å²) in [6.07, 6.45) is 0. The molecular formula is C9H10N4O3S. The van der Waals surface area contributed by atoms with Crippen molar-refractivity contribution in [2.24, 2.45) is 0 Å². The third kappa shape index (κ3) is 2.59. The van der Waals surface area contributed by atoms with Gasteiger partial charge in [-0.1, -0.05) is 16.5 Å². The van der Waals surface area contributed by atoms with Crippen molar-refractivity contribution in [3.8, 4) is 0 Å². The lowest BCUT2D eigenvalue weighted by Gasteiger charge is -1.95. The van der Waals surface area contributed by atoms with Crippen LogP contribution in [0.3, 0.4) is 0 Å². The summed E-state index contributed by atoms with van der Waals surface area (Å²) in [5.74, 6) is 0.0269. The van der Waals surface area contributed by atoms with Gasteiger partial charge in [0.2, 0.25) is 5.89 Å². The van der Waals surface area contributed by atoms with Gasteiger partial charge in [-0.25, -0.2) is 9.78 Å². The van der Waals surface area contributed by atoms with E-state index in [0.717, 1.165) is 11.3 Å². The molecule has 2 heterocycles. The number of carboxylic acid groups (broad SMARTS) is 1. The van der Waals surface area contributed by atoms with Crippen LogP contribution in [0.1, 0.15) is 27.1 Å². The molecule has 7 nitrogen and oxygen atoms in total. The number of aromatic nitrogens is 3. The fourth-order valence-electron chi connectivity index (χ4n) is 1.24. The number of nitrogens with one attached hydrogen (secondary N) is 1. The van der Waals surface area contributed by atoms with Crippen molar-refractivity contribution >= 4 is 22.4 Å². The number of aromatic carboxylic acids is 1. The standard InChI is InChI=1S/C9H10N4O3S/c1-4-7(8(14)15)17-9(11-4)10-3-6-12-5(2)16-13-6/h3H2,1-2H3,(H,10,11)(H,14,15). The fourth-order valence-corrected chi connectivity index (χ4v) is 2.04. The molecule has 2 N–H and O–H groups in total. The van der Waals surface area contributed by atoms with Crippen LogP contribution in [0.25, 0.3) is 0 Å². The van der Waals surface area contributed by atoms with Crippen LogP contribution >= 0.6 is 11.3 Å². The van der Waals surface area contributed by atoms with Crippen molar-refractivity contribution in [3.05, 3.63) is 22.3 Å². The second kappa shape index (κ2) is 4.50. The van der Waals surface area contributed by atoms with E-state index >= 15 is 0 Å². The van der Waals surface area contributed by atoms with Gasteiger partial charge < -0.3 is 14.9 Å². The first-order chi connectivity index (χ1) is 8.06. The molecule has 0 unspecified atom stereocenters. The van der Waals surface area contributed by atoms with Gasteiger partial charge in [0, 0.05) is 6.92 Å². The van der Waals surface area contributed by atoms with Crippen LogP contribution in [0.4, 0.5) is 5.13 Å². The zero-order valence-corrected chi connectivity index (χ0v) is 10.0. The largest absolute Gasteiger partial charge is 0.477 e. The number of rotatable bonds is 4. The van der Waals surface area contributed by atoms with Gasteiger partial charge in [0.1, 0.15) is 4.88 Å². The van der Waals surface area contributed by atoms with E-state index in [1.54, 1.807) is 13.8 Å². The number of aryl methyl sites for hydroxylation is 2. The molecule has 0 aliphatic heterocycles. The van der Waals surface area contributed by atoms with E-state index in [9.17, 15) is 4.79 Å². The highest BCUT2D eigenvalue weighted by molar-refractivity contribution is 7.17. The molecule has 0 saturated carbocycles. The number of hydrogen-bond donors (Lipinski definition) is 2. The zero-order valence-electron chi connectivity index (χ0n) is 9.22. The lowest BCUT2D eigenvalue weighted by molar-refractivity contribution is 0.0701. The second-order valence-electron chi connectivity index (χ2n) is 3.32. The Balaban J connectivity index is 2.04. The summed E-state index contributed by atoms with van der Waals surface area (Å²) in [6.45, 7) is 3.71. The average molecular weight is 254 g/mol. The second-order valence-corrected chi connectivity index (χ2v) is 4.32. The third-order valence-corrected chi connectivity index (χ3v) is 3.06. The predicted octanol–water partition coefficient (Wildman–Crippen LogP) is 1.45. The van der Waals surface area contributed by atoms with Crippen LogP contribution in [-0.4, -0.2) is 26.2 Å². The minimum Gasteiger partial charge on any atom is -0.477 e. The van der Waals surface area contributed by atoms with Crippen molar-refractivity contribution < 1.29 is 14.4 Å². The van der Waals surface area contributed by atoms with Crippen molar-refractivity contribution in [2.75, 3.05) is 5.32 Å². The van der Waals surface area contributed by atoms with Gasteiger partial charge in [-0.05, 0) is 6.92 Å². The number of carboxylic acids is 1. The quantitative estimate of drug-likeness (QED) is 0.851. The fraction of sp³-hybridized carbons (Fsp3) is 0.333. The number of anilines is 1. The number of nitrogens with zero attached hydrogens (tertiary/aromatic N) is 3. The van der Waals surface area contributed by atoms with Crippen molar-refractivity contribution in [2.45, 2.75) is 20.4 Å². The molecule has 90 valence electrons. The Hall–Kier alpha value is -1.96. The lowest BCUT2D eigenvalue weighted by atomic mass is 10.4. The van der Waals surface area contributed by atoms with Crippen molar-refractivity contribution in [1.29, 1.82) is 0 Å². The van der Waals surface area contributed by atoms with E-state index < -0.39 is 5.97 Å². The SMILES string of the molecule is Cc1nc(CNc2nc(C)c(C(=O)O)s2)no1. The molecule has 0 fully saturated rings. The van der Waals surface area contributed by atoms with Gasteiger partial charge in [0.25, 0.3) is 0 Å². The third-order valence-electron chi connectivity index (χ3n) is 1.96. The van der Waals surface area contributed by atoms with Crippen LogP contribution in [0.2, 0.25) is 0 Å². The molecule has 0 amide bonds. The van der Waals surface area contributed by atoms with Crippen LogP contribution in [-0.2, 0) is 6.54 Å². The first-order valence-corrected chi connectivity index (χ1v) is 5.61. The highest BCUT2D eigenvalue weighted by Gasteiger charge is 2.14. The summed E-state index contributed by atoms with van der Waals surface area (Å²) in [4.78, 5) is 19.2. The molecule has 0 bridgehead atoms. The summed E-state index contributed by atoms with van der Waals surface area (Å²) in [7, 11) is 0. The highest BCUT2D eigenvalue weighted by Crippen LogP contribution is 2.22. The molecular weight excluding hydrogens is 244 g/mol. The molecule has 2 rings (SSSR count). The Morgan fingerprint density at radius 1 is 1.47 bits per heavy atom. The van der Waals surface area contributed by atoms with E-state index in [2.05, 4.69) is 20.4 Å². The normalized spacial score (nSPS) is 10.5. The van der Waals surface area contributed by atoms with Crippen LogP contribution in [0.15, 0.2) is 4.52 Å². The molecule has 8 heteroatoms. The maximum Gasteiger partial charge on any atom is 0.347 e. The van der Waals surface area contributed by atoms with Crippen molar-refractivity contribution in [1.82, 2.24) is 15.1 Å². The average Bonchev–Trinajstić information content (AvgIpc) is 2.82. The summed E-state index contributed by atoms with van der Waals surface area (Å²) in [5, 5.41) is 16.1. The van der Waals surface area contributed by atoms with E-state index in [1.165, 1.54) is 0 Å². The van der Waals surface area contributed by atoms with Crippen LogP contribution < -0.4 is 5.32 Å². The maximum atomic E-state index is 10.8. The zero-order chi connectivity index (χ0) is 12.4. The van der Waals surface area contributed by atoms with E-state index in [4.69, 9.17) is 9.63 Å². The molecule has 0 aliphatic rings. The number of hydrogen-bond acceptors (Lipinski definition) is 7. The minimum atomic E-state index is -0.969. The van der Waals surface area contributed by atoms with Gasteiger partial charge in [0.15, 0.2) is 11.0 Å². The van der Waals surface area contributed by atoms with Gasteiger partial charge in [-0.15, -0.1) is 0 Å². The molecule has 0 aromatic carbocycles. The van der Waals surface area contributed by atoms with Gasteiger partial charge in [0.05, 0.1) is 12.2 Å². The Morgan fingerprint density at radius 3 is 2.76 bits per heavy atom.